The van der Waals surface area contributed by atoms with Crippen molar-refractivity contribution in [3.63, 3.8) is 0 Å². The summed E-state index contributed by atoms with van der Waals surface area (Å²) in [6.45, 7) is 2.75. The van der Waals surface area contributed by atoms with Crippen LogP contribution in [0.5, 0.6) is 0 Å². The predicted molar refractivity (Wildman–Crippen MR) is 62.5 cm³/mol. The summed E-state index contributed by atoms with van der Waals surface area (Å²) in [5.74, 6) is 0.168. The second kappa shape index (κ2) is 7.29. The van der Waals surface area contributed by atoms with Gasteiger partial charge in [-0.25, -0.2) is 0 Å². The molecule has 1 aliphatic heterocycles. The maximum Gasteiger partial charge on any atom is 0.240 e. The molecule has 86 valence electrons. The number of piperazine rings is 1. The van der Waals surface area contributed by atoms with Crippen molar-refractivity contribution in [3.05, 3.63) is 0 Å². The van der Waals surface area contributed by atoms with Crippen molar-refractivity contribution in [2.45, 2.75) is 6.04 Å². The molecule has 0 spiro atoms. The molecule has 4 nitrogen and oxygen atoms in total. The van der Waals surface area contributed by atoms with Crippen LogP contribution in [0.3, 0.4) is 0 Å². The summed E-state index contributed by atoms with van der Waals surface area (Å²) in [4.78, 5) is 15.3. The van der Waals surface area contributed by atoms with E-state index in [9.17, 15) is 4.79 Å². The number of hydrogen-bond acceptors (Lipinski definition) is 3. The average molecular weight is 244 g/mol. The Morgan fingerprint density at radius 1 is 1.43 bits per heavy atom. The highest BCUT2D eigenvalue weighted by Gasteiger charge is 2.24. The van der Waals surface area contributed by atoms with Crippen molar-refractivity contribution >= 4 is 30.7 Å². The number of hydrogen-bond donors (Lipinski definition) is 1. The topological polar surface area (TPSA) is 35.6 Å². The molecule has 0 aromatic carbocycles. The van der Waals surface area contributed by atoms with E-state index in [1.165, 1.54) is 0 Å². The van der Waals surface area contributed by atoms with Crippen molar-refractivity contribution in [3.8, 4) is 0 Å². The molecule has 1 saturated heterocycles. The van der Waals surface area contributed by atoms with Crippen LogP contribution in [0.2, 0.25) is 0 Å². The lowest BCUT2D eigenvalue weighted by Gasteiger charge is -2.31. The summed E-state index contributed by atoms with van der Waals surface area (Å²) in [5, 5.41) is 3.20. The van der Waals surface area contributed by atoms with E-state index in [2.05, 4.69) is 10.2 Å². The van der Waals surface area contributed by atoms with Crippen molar-refractivity contribution in [1.82, 2.24) is 15.1 Å². The zero-order chi connectivity index (χ0) is 9.14. The highest BCUT2D eigenvalue weighted by molar-refractivity contribution is 5.85. The van der Waals surface area contributed by atoms with E-state index in [1.54, 1.807) is 19.0 Å². The van der Waals surface area contributed by atoms with Crippen LogP contribution in [0.25, 0.3) is 0 Å². The summed E-state index contributed by atoms with van der Waals surface area (Å²) >= 11 is 0. The van der Waals surface area contributed by atoms with Crippen LogP contribution in [0.15, 0.2) is 0 Å². The normalized spacial score (nSPS) is 21.8. The Morgan fingerprint density at radius 3 is 2.43 bits per heavy atom. The third kappa shape index (κ3) is 4.46. The van der Waals surface area contributed by atoms with Crippen LogP contribution >= 0.6 is 24.8 Å². The molecular formula is C8H19Cl2N3O. The van der Waals surface area contributed by atoms with E-state index in [4.69, 9.17) is 0 Å². The van der Waals surface area contributed by atoms with Gasteiger partial charge in [-0.3, -0.25) is 4.79 Å². The Kier molecular flexibility index (Phi) is 8.54. The Morgan fingerprint density at radius 2 is 2.00 bits per heavy atom. The van der Waals surface area contributed by atoms with Crippen LogP contribution in [0.1, 0.15) is 0 Å². The monoisotopic (exact) mass is 243 g/mol. The van der Waals surface area contributed by atoms with Crippen molar-refractivity contribution < 1.29 is 4.79 Å². The third-order valence-electron chi connectivity index (χ3n) is 2.12. The van der Waals surface area contributed by atoms with Gasteiger partial charge in [0.1, 0.15) is 0 Å². The largest absolute Gasteiger partial charge is 0.347 e. The van der Waals surface area contributed by atoms with Gasteiger partial charge in [0.15, 0.2) is 0 Å². The van der Waals surface area contributed by atoms with E-state index in [0.29, 0.717) is 0 Å². The molecule has 6 heteroatoms. The quantitative estimate of drug-likeness (QED) is 0.695. The van der Waals surface area contributed by atoms with Gasteiger partial charge in [-0.2, -0.15) is 0 Å². The molecule has 1 rings (SSSR count). The predicted octanol–water partition coefficient (Wildman–Crippen LogP) is -0.178. The van der Waals surface area contributed by atoms with Gasteiger partial charge in [-0.1, -0.05) is 0 Å². The first-order valence-electron chi connectivity index (χ1n) is 4.24. The molecule has 1 N–H and O–H groups in total. The van der Waals surface area contributed by atoms with E-state index >= 15 is 0 Å². The molecule has 1 unspecified atom stereocenters. The highest BCUT2D eigenvalue weighted by atomic mass is 35.5. The molecule has 1 atom stereocenters. The minimum Gasteiger partial charge on any atom is -0.347 e. The van der Waals surface area contributed by atoms with E-state index in [0.717, 1.165) is 19.6 Å². The molecule has 1 amide bonds. The summed E-state index contributed by atoms with van der Waals surface area (Å²) in [7, 11) is 5.62. The first-order valence-corrected chi connectivity index (χ1v) is 4.24. The fraction of sp³-hybridized carbons (Fsp3) is 0.875. The molecular weight excluding hydrogens is 225 g/mol. The standard InChI is InChI=1S/C8H17N3O.2ClH/c1-10(2)8(12)7-6-11(3)5-4-9-7;;/h7,9H,4-6H2,1-3H3;2*1H. The summed E-state index contributed by atoms with van der Waals surface area (Å²) in [5.41, 5.74) is 0. The average Bonchev–Trinajstić information content (AvgIpc) is 2.03. The molecule has 1 aliphatic rings. The van der Waals surface area contributed by atoms with Crippen LogP contribution in [0.4, 0.5) is 0 Å². The highest BCUT2D eigenvalue weighted by Crippen LogP contribution is 1.98. The lowest BCUT2D eigenvalue weighted by atomic mass is 10.2. The smallest absolute Gasteiger partial charge is 0.240 e. The van der Waals surface area contributed by atoms with Crippen LogP contribution in [-0.4, -0.2) is 62.5 Å². The summed E-state index contributed by atoms with van der Waals surface area (Å²) in [6, 6.07) is -0.0150. The van der Waals surface area contributed by atoms with Gasteiger partial charge in [-0.15, -0.1) is 24.8 Å². The van der Waals surface area contributed by atoms with Gasteiger partial charge in [0, 0.05) is 33.7 Å². The van der Waals surface area contributed by atoms with Crippen LogP contribution in [-0.2, 0) is 4.79 Å². The SMILES string of the molecule is CN1CCNC(C(=O)N(C)C)C1.Cl.Cl. The van der Waals surface area contributed by atoms with Crippen LogP contribution < -0.4 is 5.32 Å². The zero-order valence-electron chi connectivity index (χ0n) is 8.82. The third-order valence-corrected chi connectivity index (χ3v) is 2.12. The number of halogens is 2. The van der Waals surface area contributed by atoms with Gasteiger partial charge in [-0.05, 0) is 7.05 Å². The van der Waals surface area contributed by atoms with E-state index in [1.807, 2.05) is 7.05 Å². The van der Waals surface area contributed by atoms with Gasteiger partial charge >= 0.3 is 0 Å². The molecule has 14 heavy (non-hydrogen) atoms. The van der Waals surface area contributed by atoms with Crippen LogP contribution in [0, 0.1) is 0 Å². The maximum absolute atomic E-state index is 11.5. The second-order valence-electron chi connectivity index (χ2n) is 3.50. The molecule has 0 aliphatic carbocycles. The molecule has 0 saturated carbocycles. The van der Waals surface area contributed by atoms with Crippen molar-refractivity contribution in [1.29, 1.82) is 0 Å². The summed E-state index contributed by atoms with van der Waals surface area (Å²) in [6.07, 6.45) is 0. The summed E-state index contributed by atoms with van der Waals surface area (Å²) < 4.78 is 0. The van der Waals surface area contributed by atoms with E-state index < -0.39 is 0 Å². The molecule has 1 heterocycles. The van der Waals surface area contributed by atoms with Gasteiger partial charge in [0.25, 0.3) is 0 Å². The minimum atomic E-state index is -0.0150. The zero-order valence-corrected chi connectivity index (χ0v) is 10.5. The Bertz CT molecular complexity index is 178. The fourth-order valence-electron chi connectivity index (χ4n) is 1.37. The Balaban J connectivity index is 0. The number of amides is 1. The van der Waals surface area contributed by atoms with Gasteiger partial charge < -0.3 is 15.1 Å². The van der Waals surface area contributed by atoms with Gasteiger partial charge in [0.2, 0.25) is 5.91 Å². The molecule has 1 fully saturated rings. The maximum atomic E-state index is 11.5. The lowest BCUT2D eigenvalue weighted by molar-refractivity contribution is -0.131. The van der Waals surface area contributed by atoms with Crippen molar-refractivity contribution in [2.24, 2.45) is 0 Å². The number of likely N-dealkylation sites (N-methyl/N-ethyl adjacent to an activating group) is 2. The second-order valence-corrected chi connectivity index (χ2v) is 3.50. The molecule has 0 aromatic rings. The Hall–Kier alpha value is -0.0300. The van der Waals surface area contributed by atoms with Gasteiger partial charge in [0.05, 0.1) is 6.04 Å². The van der Waals surface area contributed by atoms with Crippen molar-refractivity contribution in [2.75, 3.05) is 40.8 Å². The number of nitrogens with zero attached hydrogens (tertiary/aromatic N) is 2. The number of carbonyl (C=O) groups is 1. The van der Waals surface area contributed by atoms with E-state index in [-0.39, 0.29) is 36.8 Å². The number of carbonyl (C=O) groups excluding carboxylic acids is 1. The first-order chi connectivity index (χ1) is 5.61. The lowest BCUT2D eigenvalue weighted by Crippen LogP contribution is -2.55. The molecule has 0 bridgehead atoms. The number of rotatable bonds is 1. The Labute approximate surface area is 97.8 Å². The fourth-order valence-corrected chi connectivity index (χ4v) is 1.37. The molecule has 0 radical (unpaired) electrons. The number of nitrogens with one attached hydrogen (secondary N) is 1. The first kappa shape index (κ1) is 16.4. The molecule has 0 aromatic heterocycles. The minimum absolute atomic E-state index is 0.